The van der Waals surface area contributed by atoms with E-state index in [1.807, 2.05) is 0 Å². The molecule has 5 nitrogen and oxygen atoms in total. The minimum Gasteiger partial charge on any atom is -0.495 e. The lowest BCUT2D eigenvalue weighted by Gasteiger charge is -2.18. The largest absolute Gasteiger partial charge is 0.495 e. The molecular formula is C14H14ClF3N2O3. The normalized spacial score (nSPS) is 18.2. The highest BCUT2D eigenvalue weighted by Crippen LogP contribution is 2.28. The quantitative estimate of drug-likeness (QED) is 0.908. The number of hydrogen-bond acceptors (Lipinski definition) is 3. The monoisotopic (exact) mass is 350 g/mol. The number of alkyl halides is 3. The number of methoxy groups -OCH3 is 1. The molecule has 0 bridgehead atoms. The summed E-state index contributed by atoms with van der Waals surface area (Å²) in [7, 11) is 1.44. The van der Waals surface area contributed by atoms with Gasteiger partial charge in [-0.25, -0.2) is 0 Å². The first-order valence-electron chi connectivity index (χ1n) is 6.68. The first-order valence-corrected chi connectivity index (χ1v) is 7.06. The van der Waals surface area contributed by atoms with Crippen LogP contribution >= 0.6 is 11.6 Å². The SMILES string of the molecule is COc1ccc(NC(=O)[C@H]2CC(=O)N(CC(F)(F)F)C2)cc1Cl. The van der Waals surface area contributed by atoms with Crippen molar-refractivity contribution in [3.8, 4) is 5.75 Å². The Balaban J connectivity index is 1.99. The second kappa shape index (κ2) is 6.66. The predicted molar refractivity (Wildman–Crippen MR) is 77.4 cm³/mol. The second-order valence-electron chi connectivity index (χ2n) is 5.13. The van der Waals surface area contributed by atoms with E-state index in [0.29, 0.717) is 16.3 Å². The maximum Gasteiger partial charge on any atom is 0.406 e. The van der Waals surface area contributed by atoms with Crippen LogP contribution in [0.15, 0.2) is 18.2 Å². The van der Waals surface area contributed by atoms with Gasteiger partial charge in [-0.15, -0.1) is 0 Å². The van der Waals surface area contributed by atoms with Crippen molar-refractivity contribution in [2.45, 2.75) is 12.6 Å². The molecule has 1 aromatic rings. The van der Waals surface area contributed by atoms with Gasteiger partial charge in [0.05, 0.1) is 18.1 Å². The van der Waals surface area contributed by atoms with Crippen LogP contribution in [-0.4, -0.2) is 43.1 Å². The Bertz CT molecular complexity index is 622. The molecule has 1 aromatic carbocycles. The van der Waals surface area contributed by atoms with Crippen LogP contribution in [0.5, 0.6) is 5.75 Å². The zero-order valence-electron chi connectivity index (χ0n) is 12.1. The molecular weight excluding hydrogens is 337 g/mol. The molecule has 0 spiro atoms. The number of halogens is 4. The van der Waals surface area contributed by atoms with Gasteiger partial charge in [-0.05, 0) is 18.2 Å². The Morgan fingerprint density at radius 3 is 2.74 bits per heavy atom. The lowest BCUT2D eigenvalue weighted by atomic mass is 10.1. The van der Waals surface area contributed by atoms with Crippen LogP contribution < -0.4 is 10.1 Å². The average molecular weight is 351 g/mol. The fourth-order valence-electron chi connectivity index (χ4n) is 2.31. The van der Waals surface area contributed by atoms with Crippen molar-refractivity contribution in [3.63, 3.8) is 0 Å². The van der Waals surface area contributed by atoms with E-state index < -0.39 is 30.5 Å². The van der Waals surface area contributed by atoms with Crippen molar-refractivity contribution in [1.29, 1.82) is 0 Å². The van der Waals surface area contributed by atoms with E-state index in [0.717, 1.165) is 0 Å². The third-order valence-corrected chi connectivity index (χ3v) is 3.67. The molecule has 1 atom stereocenters. The van der Waals surface area contributed by atoms with E-state index in [-0.39, 0.29) is 18.0 Å². The van der Waals surface area contributed by atoms with Crippen LogP contribution in [0.3, 0.4) is 0 Å². The molecule has 2 rings (SSSR count). The van der Waals surface area contributed by atoms with Gasteiger partial charge in [-0.3, -0.25) is 9.59 Å². The number of ether oxygens (including phenoxy) is 1. The van der Waals surface area contributed by atoms with Crippen molar-refractivity contribution in [1.82, 2.24) is 4.90 Å². The van der Waals surface area contributed by atoms with Gasteiger partial charge in [0.15, 0.2) is 0 Å². The van der Waals surface area contributed by atoms with Crippen LogP contribution in [0.1, 0.15) is 6.42 Å². The Labute approximate surface area is 135 Å². The van der Waals surface area contributed by atoms with Crippen LogP contribution in [0.2, 0.25) is 5.02 Å². The number of nitrogens with zero attached hydrogens (tertiary/aromatic N) is 1. The van der Waals surface area contributed by atoms with E-state index in [1.165, 1.54) is 13.2 Å². The lowest BCUT2D eigenvalue weighted by molar-refractivity contribution is -0.157. The van der Waals surface area contributed by atoms with Crippen molar-refractivity contribution in [3.05, 3.63) is 23.2 Å². The fraction of sp³-hybridized carbons (Fsp3) is 0.429. The third kappa shape index (κ3) is 4.51. The molecule has 0 aromatic heterocycles. The number of likely N-dealkylation sites (tertiary alicyclic amines) is 1. The molecule has 0 aliphatic carbocycles. The highest BCUT2D eigenvalue weighted by Gasteiger charge is 2.40. The van der Waals surface area contributed by atoms with Crippen LogP contribution in [0.4, 0.5) is 18.9 Å². The number of amides is 2. The van der Waals surface area contributed by atoms with Crippen molar-refractivity contribution >= 4 is 29.1 Å². The summed E-state index contributed by atoms with van der Waals surface area (Å²) in [4.78, 5) is 24.3. The Morgan fingerprint density at radius 2 is 2.17 bits per heavy atom. The van der Waals surface area contributed by atoms with E-state index in [1.54, 1.807) is 12.1 Å². The summed E-state index contributed by atoms with van der Waals surface area (Å²) < 4.78 is 42.0. The summed E-state index contributed by atoms with van der Waals surface area (Å²) >= 11 is 5.93. The lowest BCUT2D eigenvalue weighted by Crippen LogP contribution is -2.36. The standard InChI is InChI=1S/C14H14ClF3N2O3/c1-23-11-3-2-9(5-10(11)15)19-13(22)8-4-12(21)20(6-8)7-14(16,17)18/h2-3,5,8H,4,6-7H2,1H3,(H,19,22)/t8-/m0/s1. The summed E-state index contributed by atoms with van der Waals surface area (Å²) in [5.74, 6) is -1.61. The summed E-state index contributed by atoms with van der Waals surface area (Å²) in [6.45, 7) is -1.60. The Morgan fingerprint density at radius 1 is 1.48 bits per heavy atom. The van der Waals surface area contributed by atoms with Crippen LogP contribution in [0, 0.1) is 5.92 Å². The summed E-state index contributed by atoms with van der Waals surface area (Å²) in [5, 5.41) is 2.82. The van der Waals surface area contributed by atoms with Gasteiger partial charge in [0.25, 0.3) is 0 Å². The number of anilines is 1. The predicted octanol–water partition coefficient (Wildman–Crippen LogP) is 2.70. The van der Waals surface area contributed by atoms with Gasteiger partial charge in [-0.2, -0.15) is 13.2 Å². The molecule has 1 aliphatic heterocycles. The number of nitrogens with one attached hydrogen (secondary N) is 1. The van der Waals surface area contributed by atoms with Gasteiger partial charge in [0.2, 0.25) is 11.8 Å². The maximum absolute atomic E-state index is 12.4. The molecule has 0 saturated carbocycles. The summed E-state index contributed by atoms with van der Waals surface area (Å²) in [5.41, 5.74) is 0.377. The van der Waals surface area contributed by atoms with Gasteiger partial charge in [0, 0.05) is 18.7 Å². The molecule has 9 heteroatoms. The Hall–Kier alpha value is -1.96. The average Bonchev–Trinajstić information content (AvgIpc) is 2.78. The van der Waals surface area contributed by atoms with Gasteiger partial charge in [0.1, 0.15) is 12.3 Å². The van der Waals surface area contributed by atoms with E-state index >= 15 is 0 Å². The van der Waals surface area contributed by atoms with Crippen LogP contribution in [0.25, 0.3) is 0 Å². The number of hydrogen-bond donors (Lipinski definition) is 1. The molecule has 23 heavy (non-hydrogen) atoms. The Kier molecular flexibility index (Phi) is 5.03. The number of benzene rings is 1. The minimum absolute atomic E-state index is 0.244. The molecule has 1 heterocycles. The zero-order chi connectivity index (χ0) is 17.2. The highest BCUT2D eigenvalue weighted by molar-refractivity contribution is 6.32. The zero-order valence-corrected chi connectivity index (χ0v) is 12.9. The first-order chi connectivity index (χ1) is 10.7. The highest BCUT2D eigenvalue weighted by atomic mass is 35.5. The van der Waals surface area contributed by atoms with Crippen molar-refractivity contribution < 1.29 is 27.5 Å². The minimum atomic E-state index is -4.48. The van der Waals surface area contributed by atoms with E-state index in [2.05, 4.69) is 5.32 Å². The van der Waals surface area contributed by atoms with Crippen molar-refractivity contribution in [2.75, 3.05) is 25.5 Å². The van der Waals surface area contributed by atoms with Crippen molar-refractivity contribution in [2.24, 2.45) is 5.92 Å². The topological polar surface area (TPSA) is 58.6 Å². The molecule has 126 valence electrons. The molecule has 2 amide bonds. The number of carbonyl (C=O) groups is 2. The molecule has 0 unspecified atom stereocenters. The molecule has 1 N–H and O–H groups in total. The summed E-state index contributed by atoms with van der Waals surface area (Å²) in [6.07, 6.45) is -4.73. The number of carbonyl (C=O) groups excluding carboxylic acids is 2. The maximum atomic E-state index is 12.4. The molecule has 1 fully saturated rings. The smallest absolute Gasteiger partial charge is 0.406 e. The summed E-state index contributed by atoms with van der Waals surface area (Å²) in [6, 6.07) is 4.56. The number of rotatable bonds is 4. The van der Waals surface area contributed by atoms with Gasteiger partial charge < -0.3 is 15.0 Å². The van der Waals surface area contributed by atoms with E-state index in [4.69, 9.17) is 16.3 Å². The first kappa shape index (κ1) is 17.4. The molecule has 1 saturated heterocycles. The second-order valence-corrected chi connectivity index (χ2v) is 5.54. The third-order valence-electron chi connectivity index (χ3n) is 3.37. The molecule has 0 radical (unpaired) electrons. The fourth-order valence-corrected chi connectivity index (χ4v) is 2.56. The van der Waals surface area contributed by atoms with Gasteiger partial charge in [-0.1, -0.05) is 11.6 Å². The molecule has 1 aliphatic rings. The van der Waals surface area contributed by atoms with Gasteiger partial charge >= 0.3 is 6.18 Å². The van der Waals surface area contributed by atoms with E-state index in [9.17, 15) is 22.8 Å². The van der Waals surface area contributed by atoms with Crippen LogP contribution in [-0.2, 0) is 9.59 Å².